The molecule has 0 aliphatic rings. The zero-order chi connectivity index (χ0) is 16.6. The van der Waals surface area contributed by atoms with Crippen molar-refractivity contribution in [2.24, 2.45) is 0 Å². The molecule has 2 unspecified atom stereocenters. The van der Waals surface area contributed by atoms with E-state index >= 15 is 0 Å². The first-order valence-corrected chi connectivity index (χ1v) is 8.37. The second-order valence-electron chi connectivity index (χ2n) is 5.92. The van der Waals surface area contributed by atoms with Gasteiger partial charge in [-0.1, -0.05) is 78.9 Å². The van der Waals surface area contributed by atoms with Crippen molar-refractivity contribution in [1.29, 1.82) is 0 Å². The van der Waals surface area contributed by atoms with Crippen LogP contribution in [0.4, 0.5) is 0 Å². The third kappa shape index (κ3) is 4.46. The van der Waals surface area contributed by atoms with Gasteiger partial charge in [-0.05, 0) is 30.2 Å². The van der Waals surface area contributed by atoms with Gasteiger partial charge in [0.05, 0.1) is 0 Å². The van der Waals surface area contributed by atoms with E-state index in [1.165, 1.54) is 11.1 Å². The van der Waals surface area contributed by atoms with Crippen LogP contribution in [0, 0.1) is 0 Å². The van der Waals surface area contributed by atoms with E-state index < -0.39 is 0 Å². The van der Waals surface area contributed by atoms with Crippen molar-refractivity contribution < 1.29 is 4.74 Å². The minimum atomic E-state index is -0.0442. The van der Waals surface area contributed by atoms with Crippen LogP contribution in [0.1, 0.15) is 24.2 Å². The molecule has 2 atom stereocenters. The zero-order valence-electron chi connectivity index (χ0n) is 13.9. The largest absolute Gasteiger partial charge is 0.484 e. The molecule has 2 heteroatoms. The number of para-hydroxylation sites is 1. The molecule has 3 aromatic carbocycles. The summed E-state index contributed by atoms with van der Waals surface area (Å²) >= 11 is 0. The highest BCUT2D eigenvalue weighted by Gasteiger charge is 2.20. The van der Waals surface area contributed by atoms with Gasteiger partial charge in [0.1, 0.15) is 11.9 Å². The number of hydrogen-bond donors (Lipinski definition) is 1. The van der Waals surface area contributed by atoms with Crippen molar-refractivity contribution in [3.63, 3.8) is 0 Å². The van der Waals surface area contributed by atoms with Gasteiger partial charge in [-0.2, -0.15) is 0 Å². The van der Waals surface area contributed by atoms with Gasteiger partial charge in [-0.25, -0.2) is 0 Å². The predicted octanol–water partition coefficient (Wildman–Crippen LogP) is 4.99. The first-order valence-electron chi connectivity index (χ1n) is 8.37. The summed E-state index contributed by atoms with van der Waals surface area (Å²) < 4.78 is 6.29. The van der Waals surface area contributed by atoms with Crippen molar-refractivity contribution in [1.82, 2.24) is 5.32 Å². The Balaban J connectivity index is 1.73. The second kappa shape index (κ2) is 8.32. The van der Waals surface area contributed by atoms with Crippen molar-refractivity contribution in [2.45, 2.75) is 25.6 Å². The summed E-state index contributed by atoms with van der Waals surface area (Å²) in [7, 11) is 0. The van der Waals surface area contributed by atoms with Gasteiger partial charge in [0.25, 0.3) is 0 Å². The van der Waals surface area contributed by atoms with Crippen molar-refractivity contribution in [2.75, 3.05) is 0 Å². The van der Waals surface area contributed by atoms with Gasteiger partial charge in [0.2, 0.25) is 0 Å². The number of hydrogen-bond acceptors (Lipinski definition) is 2. The zero-order valence-corrected chi connectivity index (χ0v) is 13.9. The minimum Gasteiger partial charge on any atom is -0.484 e. The molecule has 24 heavy (non-hydrogen) atoms. The molecule has 0 radical (unpaired) electrons. The average molecular weight is 317 g/mol. The molecule has 0 saturated carbocycles. The lowest BCUT2D eigenvalue weighted by Crippen LogP contribution is -2.34. The summed E-state index contributed by atoms with van der Waals surface area (Å²) in [5, 5.41) is 3.59. The standard InChI is InChI=1S/C22H23NO/c1-18(23-17-19-11-5-2-6-12-19)22(20-13-7-3-8-14-20)24-21-15-9-4-10-16-21/h2-16,18,22-23H,17H2,1H3. The fourth-order valence-electron chi connectivity index (χ4n) is 2.73. The van der Waals surface area contributed by atoms with Crippen LogP contribution in [-0.4, -0.2) is 6.04 Å². The average Bonchev–Trinajstić information content (AvgIpc) is 2.66. The lowest BCUT2D eigenvalue weighted by atomic mass is 10.0. The van der Waals surface area contributed by atoms with Gasteiger partial charge in [-0.15, -0.1) is 0 Å². The summed E-state index contributed by atoms with van der Waals surface area (Å²) in [5.74, 6) is 0.889. The molecular formula is C22H23NO. The van der Waals surface area contributed by atoms with Crippen LogP contribution in [0.5, 0.6) is 5.75 Å². The van der Waals surface area contributed by atoms with Gasteiger partial charge >= 0.3 is 0 Å². The molecule has 2 nitrogen and oxygen atoms in total. The van der Waals surface area contributed by atoms with E-state index in [2.05, 4.69) is 60.8 Å². The summed E-state index contributed by atoms with van der Waals surface area (Å²) in [6, 6.07) is 31.0. The van der Waals surface area contributed by atoms with Crippen LogP contribution < -0.4 is 10.1 Å². The maximum absolute atomic E-state index is 6.29. The fourth-order valence-corrected chi connectivity index (χ4v) is 2.73. The van der Waals surface area contributed by atoms with Crippen LogP contribution >= 0.6 is 0 Å². The topological polar surface area (TPSA) is 21.3 Å². The summed E-state index contributed by atoms with van der Waals surface area (Å²) in [4.78, 5) is 0. The molecule has 3 aromatic rings. The molecule has 122 valence electrons. The van der Waals surface area contributed by atoms with E-state index in [0.29, 0.717) is 0 Å². The highest BCUT2D eigenvalue weighted by atomic mass is 16.5. The molecule has 0 aromatic heterocycles. The number of rotatable bonds is 7. The lowest BCUT2D eigenvalue weighted by Gasteiger charge is -2.26. The molecule has 0 bridgehead atoms. The van der Waals surface area contributed by atoms with Crippen LogP contribution in [0.15, 0.2) is 91.0 Å². The third-order valence-corrected chi connectivity index (χ3v) is 4.06. The van der Waals surface area contributed by atoms with E-state index in [4.69, 9.17) is 4.74 Å². The Bertz CT molecular complexity index is 713. The fraction of sp³-hybridized carbons (Fsp3) is 0.182. The van der Waals surface area contributed by atoms with Crippen LogP contribution in [0.2, 0.25) is 0 Å². The SMILES string of the molecule is CC(NCc1ccccc1)C(Oc1ccccc1)c1ccccc1. The highest BCUT2D eigenvalue weighted by Crippen LogP contribution is 2.25. The van der Waals surface area contributed by atoms with Crippen molar-refractivity contribution in [3.8, 4) is 5.75 Å². The van der Waals surface area contributed by atoms with E-state index in [0.717, 1.165) is 12.3 Å². The predicted molar refractivity (Wildman–Crippen MR) is 99.0 cm³/mol. The van der Waals surface area contributed by atoms with Crippen molar-refractivity contribution >= 4 is 0 Å². The summed E-state index contributed by atoms with van der Waals surface area (Å²) in [6.45, 7) is 2.99. The monoisotopic (exact) mass is 317 g/mol. The smallest absolute Gasteiger partial charge is 0.139 e. The number of nitrogens with one attached hydrogen (secondary N) is 1. The molecule has 0 fully saturated rings. The van der Waals surface area contributed by atoms with Crippen LogP contribution in [0.3, 0.4) is 0 Å². The second-order valence-corrected chi connectivity index (χ2v) is 5.92. The molecule has 0 spiro atoms. The quantitative estimate of drug-likeness (QED) is 0.663. The first kappa shape index (κ1) is 16.3. The molecule has 0 aliphatic carbocycles. The molecule has 0 saturated heterocycles. The van der Waals surface area contributed by atoms with Crippen molar-refractivity contribution in [3.05, 3.63) is 102 Å². The van der Waals surface area contributed by atoms with Gasteiger partial charge in [-0.3, -0.25) is 0 Å². The molecule has 0 aliphatic heterocycles. The Morgan fingerprint density at radius 1 is 0.750 bits per heavy atom. The van der Waals surface area contributed by atoms with E-state index in [1.54, 1.807) is 0 Å². The summed E-state index contributed by atoms with van der Waals surface area (Å²) in [5.41, 5.74) is 2.45. The maximum Gasteiger partial charge on any atom is 0.139 e. The van der Waals surface area contributed by atoms with Crippen LogP contribution in [-0.2, 0) is 6.54 Å². The third-order valence-electron chi connectivity index (χ3n) is 4.06. The van der Waals surface area contributed by atoms with Crippen LogP contribution in [0.25, 0.3) is 0 Å². The van der Waals surface area contributed by atoms with Gasteiger partial charge < -0.3 is 10.1 Å². The Morgan fingerprint density at radius 3 is 1.92 bits per heavy atom. The van der Waals surface area contributed by atoms with Gasteiger partial charge in [0.15, 0.2) is 0 Å². The normalized spacial score (nSPS) is 13.2. The van der Waals surface area contributed by atoms with E-state index in [9.17, 15) is 0 Å². The first-order chi connectivity index (χ1) is 11.8. The molecule has 1 N–H and O–H groups in total. The van der Waals surface area contributed by atoms with E-state index in [-0.39, 0.29) is 12.1 Å². The molecule has 0 heterocycles. The molecular weight excluding hydrogens is 294 g/mol. The molecule has 3 rings (SSSR count). The highest BCUT2D eigenvalue weighted by molar-refractivity contribution is 5.25. The van der Waals surface area contributed by atoms with E-state index in [1.807, 2.05) is 42.5 Å². The lowest BCUT2D eigenvalue weighted by molar-refractivity contribution is 0.161. The summed E-state index contributed by atoms with van der Waals surface area (Å²) in [6.07, 6.45) is -0.0442. The number of benzene rings is 3. The maximum atomic E-state index is 6.29. The van der Waals surface area contributed by atoms with Gasteiger partial charge in [0, 0.05) is 12.6 Å². The Kier molecular flexibility index (Phi) is 5.65. The Labute approximate surface area is 144 Å². The minimum absolute atomic E-state index is 0.0442. The Morgan fingerprint density at radius 2 is 1.29 bits per heavy atom. The molecule has 0 amide bonds. The number of ether oxygens (including phenoxy) is 1. The Hall–Kier alpha value is -2.58.